The number of piperidine rings is 2. The van der Waals surface area contributed by atoms with Crippen molar-refractivity contribution in [2.24, 2.45) is 5.92 Å². The first kappa shape index (κ1) is 39.6. The number of carbonyl (C=O) groups excluding carboxylic acids is 5. The van der Waals surface area contributed by atoms with E-state index in [4.69, 9.17) is 4.74 Å². The Bertz CT molecular complexity index is 2210. The number of rotatable bonds is 8. The summed E-state index contributed by atoms with van der Waals surface area (Å²) >= 11 is 0. The fourth-order valence-corrected chi connectivity index (χ4v) is 9.06. The summed E-state index contributed by atoms with van der Waals surface area (Å²) < 4.78 is 20.8. The van der Waals surface area contributed by atoms with E-state index in [0.717, 1.165) is 80.6 Å². The van der Waals surface area contributed by atoms with Crippen LogP contribution in [-0.4, -0.2) is 129 Å². The fourth-order valence-electron chi connectivity index (χ4n) is 9.06. The number of imide groups is 2. The first-order valence-corrected chi connectivity index (χ1v) is 20.3. The average Bonchev–Trinajstić information content (AvgIpc) is 3.49. The molecule has 16 heteroatoms. The number of benzene rings is 3. The topological polar surface area (TPSA) is 162 Å². The molecule has 5 heterocycles. The number of hydrogen-bond acceptors (Lipinski definition) is 11. The van der Waals surface area contributed by atoms with Gasteiger partial charge in [0.1, 0.15) is 23.7 Å². The van der Waals surface area contributed by atoms with Crippen molar-refractivity contribution >= 4 is 52.4 Å². The number of piperazine rings is 2. The first-order chi connectivity index (χ1) is 28.5. The van der Waals surface area contributed by atoms with Crippen LogP contribution in [0.15, 0.2) is 54.6 Å². The van der Waals surface area contributed by atoms with Crippen molar-refractivity contribution in [2.45, 2.75) is 44.7 Å². The normalized spacial score (nSPS) is 21.7. The van der Waals surface area contributed by atoms with Gasteiger partial charge in [0, 0.05) is 101 Å². The Kier molecular flexibility index (Phi) is 11.1. The largest absolute Gasteiger partial charge is 0.495 e. The second kappa shape index (κ2) is 16.6. The number of amides is 6. The van der Waals surface area contributed by atoms with E-state index >= 15 is 4.39 Å². The molecular formula is C43H48FN9O6. The van der Waals surface area contributed by atoms with Crippen molar-refractivity contribution in [3.63, 3.8) is 0 Å². The lowest BCUT2D eigenvalue weighted by Gasteiger charge is -2.41. The molecule has 0 radical (unpaired) electrons. The summed E-state index contributed by atoms with van der Waals surface area (Å²) in [7, 11) is 1.53. The van der Waals surface area contributed by atoms with Gasteiger partial charge in [-0.05, 0) is 80.6 Å². The molecule has 5 aliphatic rings. The summed E-state index contributed by atoms with van der Waals surface area (Å²) in [6.45, 7) is 9.33. The number of urea groups is 1. The number of anilines is 4. The minimum absolute atomic E-state index is 0.00702. The maximum atomic E-state index is 15.4. The highest BCUT2D eigenvalue weighted by Gasteiger charge is 2.45. The van der Waals surface area contributed by atoms with Gasteiger partial charge < -0.3 is 29.7 Å². The van der Waals surface area contributed by atoms with Crippen LogP contribution in [0.2, 0.25) is 0 Å². The molecule has 8 rings (SSSR count). The number of nitriles is 1. The number of halogens is 1. The van der Waals surface area contributed by atoms with Crippen molar-refractivity contribution in [3.05, 3.63) is 77.1 Å². The molecule has 2 N–H and O–H groups in total. The minimum atomic E-state index is -0.988. The van der Waals surface area contributed by atoms with Gasteiger partial charge in [0.25, 0.3) is 11.8 Å². The van der Waals surface area contributed by atoms with Crippen LogP contribution in [0.25, 0.3) is 0 Å². The van der Waals surface area contributed by atoms with Crippen LogP contribution in [0, 0.1) is 23.1 Å². The molecule has 0 bridgehead atoms. The summed E-state index contributed by atoms with van der Waals surface area (Å²) in [5.41, 5.74) is 3.73. The summed E-state index contributed by atoms with van der Waals surface area (Å²) in [4.78, 5) is 75.4. The van der Waals surface area contributed by atoms with Crippen molar-refractivity contribution < 1.29 is 33.1 Å². The molecule has 3 aromatic carbocycles. The molecule has 0 aliphatic carbocycles. The lowest BCUT2D eigenvalue weighted by atomic mass is 9.95. The highest BCUT2D eigenvalue weighted by atomic mass is 19.1. The Morgan fingerprint density at radius 1 is 0.847 bits per heavy atom. The highest BCUT2D eigenvalue weighted by molar-refractivity contribution is 6.23. The van der Waals surface area contributed by atoms with Gasteiger partial charge >= 0.3 is 6.03 Å². The maximum absolute atomic E-state index is 15.4. The lowest BCUT2D eigenvalue weighted by molar-refractivity contribution is -0.136. The first-order valence-electron chi connectivity index (χ1n) is 20.3. The molecule has 0 aromatic heterocycles. The second-order valence-electron chi connectivity index (χ2n) is 16.0. The Balaban J connectivity index is 0.783. The summed E-state index contributed by atoms with van der Waals surface area (Å²) in [6.07, 6.45) is 2.16. The standard InChI is InChI=1S/C43H48FN9O6/c1-27-25-51(19-20-52(27)32-4-3-29(24-45)38(23-32)59-2)43(58)46-36-8-6-31(22-35(36)44)49-13-11-28(12-14-49)26-48-15-17-50(18-16-48)30-5-7-33-34(21-30)42(57)53(41(33)56)37-9-10-39(54)47-40(37)55/h3-8,21-23,27-28,37H,9-20,25-26H2,1-2H3,(H,46,58)(H,47,54,55)/t27-,37?/m0/s1. The van der Waals surface area contributed by atoms with E-state index in [1.165, 1.54) is 13.2 Å². The van der Waals surface area contributed by atoms with Gasteiger partial charge in [-0.15, -0.1) is 0 Å². The smallest absolute Gasteiger partial charge is 0.322 e. The highest BCUT2D eigenvalue weighted by Crippen LogP contribution is 2.33. The average molecular weight is 806 g/mol. The monoisotopic (exact) mass is 805 g/mol. The van der Waals surface area contributed by atoms with Gasteiger partial charge in [-0.3, -0.25) is 34.3 Å². The third kappa shape index (κ3) is 7.99. The number of ether oxygens (including phenoxy) is 1. The molecule has 2 atom stereocenters. The van der Waals surface area contributed by atoms with E-state index in [1.807, 2.05) is 31.2 Å². The van der Waals surface area contributed by atoms with Crippen molar-refractivity contribution in [2.75, 3.05) is 92.6 Å². The van der Waals surface area contributed by atoms with Gasteiger partial charge in [0.05, 0.1) is 29.5 Å². The number of hydrogen-bond donors (Lipinski definition) is 2. The van der Waals surface area contributed by atoms with Gasteiger partial charge in [-0.1, -0.05) is 0 Å². The molecule has 0 saturated carbocycles. The molecule has 6 amide bonds. The summed E-state index contributed by atoms with van der Waals surface area (Å²) in [5.74, 6) is -1.49. The fraction of sp³-hybridized carbons (Fsp3) is 0.442. The number of nitrogens with one attached hydrogen (secondary N) is 2. The predicted octanol–water partition coefficient (Wildman–Crippen LogP) is 3.89. The molecule has 3 aromatic rings. The number of nitrogens with zero attached hydrogens (tertiary/aromatic N) is 7. The zero-order valence-corrected chi connectivity index (χ0v) is 33.3. The molecule has 15 nitrogen and oxygen atoms in total. The number of methoxy groups -OCH3 is 1. The third-order valence-electron chi connectivity index (χ3n) is 12.4. The van der Waals surface area contributed by atoms with Crippen LogP contribution in [0.1, 0.15) is 58.9 Å². The van der Waals surface area contributed by atoms with E-state index in [2.05, 4.69) is 36.3 Å². The number of fused-ring (bicyclic) bond motifs is 1. The molecule has 59 heavy (non-hydrogen) atoms. The van der Waals surface area contributed by atoms with E-state index in [-0.39, 0.29) is 41.7 Å². The van der Waals surface area contributed by atoms with Gasteiger partial charge in [0.15, 0.2) is 0 Å². The summed E-state index contributed by atoms with van der Waals surface area (Å²) in [5, 5.41) is 14.3. The van der Waals surface area contributed by atoms with Crippen molar-refractivity contribution in [1.82, 2.24) is 20.0 Å². The quantitative estimate of drug-likeness (QED) is 0.318. The van der Waals surface area contributed by atoms with Gasteiger partial charge in [0.2, 0.25) is 11.8 Å². The van der Waals surface area contributed by atoms with Crippen molar-refractivity contribution in [1.29, 1.82) is 5.26 Å². The molecule has 4 fully saturated rings. The zero-order chi connectivity index (χ0) is 41.4. The van der Waals surface area contributed by atoms with E-state index in [0.29, 0.717) is 36.9 Å². The van der Waals surface area contributed by atoms with Crippen LogP contribution in [0.3, 0.4) is 0 Å². The van der Waals surface area contributed by atoms with Crippen LogP contribution in [-0.2, 0) is 9.59 Å². The van der Waals surface area contributed by atoms with E-state index in [9.17, 15) is 29.2 Å². The SMILES string of the molecule is COc1cc(N2CCN(C(=O)Nc3ccc(N4CCC(CN5CCN(c6ccc7c(c6)C(=O)N(C6CCC(=O)NC6=O)C7=O)CC5)CC4)cc3F)C[C@@H]2C)ccc1C#N. The maximum Gasteiger partial charge on any atom is 0.322 e. The van der Waals surface area contributed by atoms with Crippen LogP contribution < -0.4 is 30.1 Å². The van der Waals surface area contributed by atoms with E-state index in [1.54, 1.807) is 29.2 Å². The lowest BCUT2D eigenvalue weighted by Crippen LogP contribution is -2.54. The van der Waals surface area contributed by atoms with Crippen molar-refractivity contribution in [3.8, 4) is 11.8 Å². The second-order valence-corrected chi connectivity index (χ2v) is 16.0. The molecule has 1 unspecified atom stereocenters. The van der Waals surface area contributed by atoms with Gasteiger partial charge in [-0.25, -0.2) is 9.18 Å². The molecular weight excluding hydrogens is 758 g/mol. The van der Waals surface area contributed by atoms with Crippen LogP contribution in [0.4, 0.5) is 31.9 Å². The molecule has 4 saturated heterocycles. The van der Waals surface area contributed by atoms with Gasteiger partial charge in [-0.2, -0.15) is 5.26 Å². The Hall–Kier alpha value is -6.21. The minimum Gasteiger partial charge on any atom is -0.495 e. The summed E-state index contributed by atoms with van der Waals surface area (Å²) in [6, 6.07) is 16.5. The third-order valence-corrected chi connectivity index (χ3v) is 12.4. The Morgan fingerprint density at radius 2 is 1.54 bits per heavy atom. The molecule has 308 valence electrons. The number of carbonyl (C=O) groups is 5. The Labute approximate surface area is 342 Å². The molecule has 0 spiro atoms. The van der Waals surface area contributed by atoms with Crippen LogP contribution in [0.5, 0.6) is 5.75 Å². The van der Waals surface area contributed by atoms with Crippen LogP contribution >= 0.6 is 0 Å². The van der Waals surface area contributed by atoms with E-state index < -0.39 is 35.5 Å². The molecule has 5 aliphatic heterocycles. The predicted molar refractivity (Wildman–Crippen MR) is 218 cm³/mol. The Morgan fingerprint density at radius 3 is 2.24 bits per heavy atom. The zero-order valence-electron chi connectivity index (χ0n) is 33.3.